The van der Waals surface area contributed by atoms with Crippen LogP contribution in [0.15, 0.2) is 34.7 Å². The highest BCUT2D eigenvalue weighted by Gasteiger charge is 2.24. The summed E-state index contributed by atoms with van der Waals surface area (Å²) < 4.78 is 20.6. The van der Waals surface area contributed by atoms with Crippen LogP contribution in [0, 0.1) is 12.7 Å². The van der Waals surface area contributed by atoms with Gasteiger partial charge in [0.1, 0.15) is 17.1 Å². The molecule has 2 aromatic heterocycles. The molecule has 0 radical (unpaired) electrons. The van der Waals surface area contributed by atoms with Gasteiger partial charge >= 0.3 is 6.03 Å². The van der Waals surface area contributed by atoms with Crippen molar-refractivity contribution in [2.75, 3.05) is 18.4 Å². The normalized spacial score (nSPS) is 16.7. The summed E-state index contributed by atoms with van der Waals surface area (Å²) in [7, 11) is 0. The van der Waals surface area contributed by atoms with Crippen molar-refractivity contribution in [3.8, 4) is 11.3 Å². The highest BCUT2D eigenvalue weighted by Crippen LogP contribution is 2.32. The second kappa shape index (κ2) is 7.24. The van der Waals surface area contributed by atoms with Crippen molar-refractivity contribution in [3.63, 3.8) is 0 Å². The van der Waals surface area contributed by atoms with Crippen LogP contribution in [0.4, 0.5) is 14.9 Å². The summed E-state index contributed by atoms with van der Waals surface area (Å²) in [6.45, 7) is 4.73. The Morgan fingerprint density at radius 2 is 2.21 bits per heavy atom. The number of urea groups is 1. The number of aliphatic hydroxyl groups excluding tert-OH is 1. The summed E-state index contributed by atoms with van der Waals surface area (Å²) in [6.07, 6.45) is 0.856. The van der Waals surface area contributed by atoms with Crippen molar-refractivity contribution in [3.05, 3.63) is 47.4 Å². The molecule has 3 heterocycles. The smallest absolute Gasteiger partial charge is 0.321 e. The number of aryl methyl sites for hydroxylation is 2. The summed E-state index contributed by atoms with van der Waals surface area (Å²) in [5.41, 5.74) is 3.97. The number of aromatic nitrogens is 1. The van der Waals surface area contributed by atoms with E-state index in [4.69, 9.17) is 4.42 Å². The number of fused-ring (bicyclic) bond motifs is 1. The van der Waals surface area contributed by atoms with E-state index in [1.807, 2.05) is 19.9 Å². The van der Waals surface area contributed by atoms with Crippen LogP contribution in [0.25, 0.3) is 22.4 Å². The summed E-state index contributed by atoms with van der Waals surface area (Å²) in [5, 5.41) is 12.2. The molecule has 4 rings (SSSR count). The maximum absolute atomic E-state index is 14.7. The number of furan rings is 1. The molecule has 146 valence electrons. The minimum Gasteiger partial charge on any atom is -0.454 e. The van der Waals surface area contributed by atoms with Gasteiger partial charge in [0.15, 0.2) is 5.58 Å². The molecular formula is C21H22FN3O3. The number of β-amino-alcohol motifs (C(OH)–C–C–N with tert-alkyl or cyclic N) is 1. The Morgan fingerprint density at radius 3 is 2.89 bits per heavy atom. The van der Waals surface area contributed by atoms with Crippen molar-refractivity contribution in [2.45, 2.75) is 32.8 Å². The molecule has 0 bridgehead atoms. The third-order valence-electron chi connectivity index (χ3n) is 5.00. The van der Waals surface area contributed by atoms with Crippen LogP contribution >= 0.6 is 0 Å². The number of hydrogen-bond donors (Lipinski definition) is 2. The van der Waals surface area contributed by atoms with Crippen LogP contribution in [0.5, 0.6) is 0 Å². The Kier molecular flexibility index (Phi) is 4.77. The fraction of sp³-hybridized carbons (Fsp3) is 0.333. The number of aliphatic hydroxyl groups is 1. The summed E-state index contributed by atoms with van der Waals surface area (Å²) in [6, 6.07) is 7.85. The standard InChI is InChI=1S/C21H22FN3O3/c1-3-13-8-12(2)23-18-10-19(28-20(13)18)16-5-4-14(9-17(16)22)24-21(27)25-7-6-15(26)11-25/h4-5,8-10,15,26H,3,6-7,11H2,1-2H3,(H,24,27)/t15-/m1/s1. The number of nitrogens with one attached hydrogen (secondary N) is 1. The lowest BCUT2D eigenvalue weighted by Crippen LogP contribution is -2.33. The first kappa shape index (κ1) is 18.4. The molecule has 6 nitrogen and oxygen atoms in total. The van der Waals surface area contributed by atoms with Gasteiger partial charge in [0.2, 0.25) is 0 Å². The van der Waals surface area contributed by atoms with Gasteiger partial charge in [-0.05, 0) is 49.6 Å². The predicted octanol–water partition coefficient (Wildman–Crippen LogP) is 4.10. The number of benzene rings is 1. The average molecular weight is 383 g/mol. The molecule has 1 aliphatic rings. The Morgan fingerprint density at radius 1 is 1.39 bits per heavy atom. The van der Waals surface area contributed by atoms with Gasteiger partial charge in [-0.3, -0.25) is 0 Å². The topological polar surface area (TPSA) is 78.6 Å². The number of nitrogens with zero attached hydrogens (tertiary/aromatic N) is 2. The van der Waals surface area contributed by atoms with E-state index in [0.717, 1.165) is 17.7 Å². The molecule has 0 saturated carbocycles. The minimum atomic E-state index is -0.497. The predicted molar refractivity (Wildman–Crippen MR) is 105 cm³/mol. The zero-order valence-electron chi connectivity index (χ0n) is 15.8. The lowest BCUT2D eigenvalue weighted by atomic mass is 10.1. The van der Waals surface area contributed by atoms with Crippen molar-refractivity contribution in [1.29, 1.82) is 0 Å². The van der Waals surface area contributed by atoms with Gasteiger partial charge in [-0.1, -0.05) is 6.92 Å². The van der Waals surface area contributed by atoms with Gasteiger partial charge in [-0.2, -0.15) is 0 Å². The van der Waals surface area contributed by atoms with Gasteiger partial charge in [-0.15, -0.1) is 0 Å². The second-order valence-corrected chi connectivity index (χ2v) is 7.11. The molecule has 3 aromatic rings. The van der Waals surface area contributed by atoms with E-state index in [-0.39, 0.29) is 12.6 Å². The van der Waals surface area contributed by atoms with Crippen molar-refractivity contribution >= 4 is 22.8 Å². The fourth-order valence-corrected chi connectivity index (χ4v) is 3.55. The van der Waals surface area contributed by atoms with Crippen LogP contribution in [0.1, 0.15) is 24.6 Å². The molecule has 28 heavy (non-hydrogen) atoms. The van der Waals surface area contributed by atoms with E-state index >= 15 is 0 Å². The monoisotopic (exact) mass is 383 g/mol. The van der Waals surface area contributed by atoms with E-state index in [0.29, 0.717) is 41.1 Å². The van der Waals surface area contributed by atoms with Crippen LogP contribution < -0.4 is 5.32 Å². The largest absolute Gasteiger partial charge is 0.454 e. The maximum Gasteiger partial charge on any atom is 0.321 e. The molecule has 1 fully saturated rings. The lowest BCUT2D eigenvalue weighted by Gasteiger charge is -2.16. The molecular weight excluding hydrogens is 361 g/mol. The number of hydrogen-bond acceptors (Lipinski definition) is 4. The summed E-state index contributed by atoms with van der Waals surface area (Å²) in [5.74, 6) is -0.0890. The Balaban J connectivity index is 1.59. The number of carbonyl (C=O) groups excluding carboxylic acids is 1. The minimum absolute atomic E-state index is 0.289. The third kappa shape index (κ3) is 3.45. The third-order valence-corrected chi connectivity index (χ3v) is 5.00. The summed E-state index contributed by atoms with van der Waals surface area (Å²) >= 11 is 0. The molecule has 2 N–H and O–H groups in total. The van der Waals surface area contributed by atoms with Crippen LogP contribution in [0.2, 0.25) is 0 Å². The first-order valence-corrected chi connectivity index (χ1v) is 9.38. The van der Waals surface area contributed by atoms with E-state index in [1.54, 1.807) is 18.2 Å². The van der Waals surface area contributed by atoms with Crippen molar-refractivity contribution in [2.24, 2.45) is 0 Å². The number of amides is 2. The Labute approximate surface area is 162 Å². The number of halogens is 1. The molecule has 0 aliphatic carbocycles. The van der Waals surface area contributed by atoms with Gasteiger partial charge < -0.3 is 19.7 Å². The van der Waals surface area contributed by atoms with Gasteiger partial charge in [0.05, 0.1) is 11.7 Å². The Bertz CT molecular complexity index is 1050. The van der Waals surface area contributed by atoms with Gasteiger partial charge in [-0.25, -0.2) is 14.2 Å². The van der Waals surface area contributed by atoms with Gasteiger partial charge in [0.25, 0.3) is 0 Å². The molecule has 0 unspecified atom stereocenters. The number of carbonyl (C=O) groups is 1. The quantitative estimate of drug-likeness (QED) is 0.714. The highest BCUT2D eigenvalue weighted by atomic mass is 19.1. The van der Waals surface area contributed by atoms with Crippen molar-refractivity contribution in [1.82, 2.24) is 9.88 Å². The van der Waals surface area contributed by atoms with Gasteiger partial charge in [0, 0.05) is 30.5 Å². The maximum atomic E-state index is 14.7. The molecule has 1 saturated heterocycles. The average Bonchev–Trinajstić information content (AvgIpc) is 3.27. The summed E-state index contributed by atoms with van der Waals surface area (Å²) in [4.78, 5) is 18.2. The van der Waals surface area contributed by atoms with E-state index in [1.165, 1.54) is 11.0 Å². The van der Waals surface area contributed by atoms with E-state index < -0.39 is 11.9 Å². The number of likely N-dealkylation sites (tertiary alicyclic amines) is 1. The first-order chi connectivity index (χ1) is 13.4. The fourth-order valence-electron chi connectivity index (χ4n) is 3.55. The number of pyridine rings is 1. The van der Waals surface area contributed by atoms with Crippen LogP contribution in [0.3, 0.4) is 0 Å². The Hall–Kier alpha value is -2.93. The zero-order chi connectivity index (χ0) is 19.8. The first-order valence-electron chi connectivity index (χ1n) is 9.38. The SMILES string of the molecule is CCc1cc(C)nc2cc(-c3ccc(NC(=O)N4CC[C@@H](O)C4)cc3F)oc12. The molecule has 1 aromatic carbocycles. The second-order valence-electron chi connectivity index (χ2n) is 7.11. The molecule has 7 heteroatoms. The lowest BCUT2D eigenvalue weighted by molar-refractivity contribution is 0.176. The molecule has 1 aliphatic heterocycles. The highest BCUT2D eigenvalue weighted by molar-refractivity contribution is 5.90. The number of anilines is 1. The molecule has 1 atom stereocenters. The van der Waals surface area contributed by atoms with Crippen LogP contribution in [-0.4, -0.2) is 40.2 Å². The zero-order valence-corrected chi connectivity index (χ0v) is 15.8. The molecule has 0 spiro atoms. The molecule has 2 amide bonds. The van der Waals surface area contributed by atoms with Crippen molar-refractivity contribution < 1.29 is 18.7 Å². The number of rotatable bonds is 3. The van der Waals surface area contributed by atoms with E-state index in [2.05, 4.69) is 10.3 Å². The van der Waals surface area contributed by atoms with Crippen LogP contribution in [-0.2, 0) is 6.42 Å². The van der Waals surface area contributed by atoms with E-state index in [9.17, 15) is 14.3 Å².